The highest BCUT2D eigenvalue weighted by molar-refractivity contribution is 5.98. The third kappa shape index (κ3) is 4.18. The first kappa shape index (κ1) is 17.0. The second-order valence-electron chi connectivity index (χ2n) is 7.31. The highest BCUT2D eigenvalue weighted by atomic mass is 19.1. The Labute approximate surface area is 146 Å². The van der Waals surface area contributed by atoms with E-state index in [-0.39, 0.29) is 17.0 Å². The molecule has 0 aliphatic carbocycles. The summed E-state index contributed by atoms with van der Waals surface area (Å²) < 4.78 is 15.0. The zero-order chi connectivity index (χ0) is 18.0. The van der Waals surface area contributed by atoms with Crippen LogP contribution in [0.15, 0.2) is 55.1 Å². The second kappa shape index (κ2) is 6.59. The van der Waals surface area contributed by atoms with Crippen molar-refractivity contribution in [1.29, 1.82) is 0 Å². The maximum atomic E-state index is 13.2. The second-order valence-corrected chi connectivity index (χ2v) is 7.31. The Morgan fingerprint density at radius 1 is 1.00 bits per heavy atom. The predicted octanol–water partition coefficient (Wildman–Crippen LogP) is 4.69. The van der Waals surface area contributed by atoms with Gasteiger partial charge in [-0.15, -0.1) is 10.2 Å². The monoisotopic (exact) mass is 337 g/mol. The van der Waals surface area contributed by atoms with E-state index in [1.54, 1.807) is 29.4 Å². The van der Waals surface area contributed by atoms with Gasteiger partial charge in [-0.1, -0.05) is 32.9 Å². The van der Waals surface area contributed by atoms with Gasteiger partial charge in [-0.25, -0.2) is 4.39 Å². The molecule has 4 nitrogen and oxygen atoms in total. The number of benzene rings is 2. The summed E-state index contributed by atoms with van der Waals surface area (Å²) in [5.41, 5.74) is 3.02. The van der Waals surface area contributed by atoms with Gasteiger partial charge in [0.05, 0.1) is 0 Å². The smallest absolute Gasteiger partial charge is 0.163 e. The zero-order valence-electron chi connectivity index (χ0n) is 14.5. The van der Waals surface area contributed by atoms with Crippen LogP contribution in [0.25, 0.3) is 16.8 Å². The van der Waals surface area contributed by atoms with E-state index in [0.29, 0.717) is 12.0 Å². The number of carbonyl (C=O) groups is 1. The van der Waals surface area contributed by atoms with Gasteiger partial charge in [0, 0.05) is 17.7 Å². The standard InChI is InChI=1S/C20H20FN3O/c1-20(2,3)11-19(25)16-8-15(14-4-6-17(21)7-5-14)9-18(10-16)24-12-22-23-13-24/h4-10,12-13H,11H2,1-3H3. The van der Waals surface area contributed by atoms with Crippen LogP contribution in [0.3, 0.4) is 0 Å². The van der Waals surface area contributed by atoms with E-state index in [9.17, 15) is 9.18 Å². The molecule has 5 heteroatoms. The van der Waals surface area contributed by atoms with E-state index < -0.39 is 0 Å². The number of Topliss-reactive ketones (excluding diaryl/α,β-unsaturated/α-hetero) is 1. The summed E-state index contributed by atoms with van der Waals surface area (Å²) in [6, 6.07) is 11.9. The van der Waals surface area contributed by atoms with Crippen LogP contribution in [0.2, 0.25) is 0 Å². The van der Waals surface area contributed by atoms with Crippen molar-refractivity contribution >= 4 is 5.78 Å². The molecule has 0 N–H and O–H groups in total. The van der Waals surface area contributed by atoms with Crippen molar-refractivity contribution in [2.75, 3.05) is 0 Å². The number of nitrogens with zero attached hydrogens (tertiary/aromatic N) is 3. The maximum Gasteiger partial charge on any atom is 0.163 e. The molecule has 0 amide bonds. The van der Waals surface area contributed by atoms with Crippen molar-refractivity contribution in [3.8, 4) is 16.8 Å². The molecule has 0 aliphatic rings. The summed E-state index contributed by atoms with van der Waals surface area (Å²) in [5, 5.41) is 7.65. The molecule has 0 saturated carbocycles. The Kier molecular flexibility index (Phi) is 4.49. The minimum absolute atomic E-state index is 0.0748. The molecule has 0 fully saturated rings. The molecule has 3 rings (SSSR count). The Hall–Kier alpha value is -2.82. The third-order valence-electron chi connectivity index (χ3n) is 3.83. The van der Waals surface area contributed by atoms with Crippen LogP contribution in [-0.2, 0) is 0 Å². The van der Waals surface area contributed by atoms with Gasteiger partial charge >= 0.3 is 0 Å². The number of hydrogen-bond acceptors (Lipinski definition) is 3. The van der Waals surface area contributed by atoms with Gasteiger partial charge < -0.3 is 0 Å². The van der Waals surface area contributed by atoms with Gasteiger partial charge in [-0.2, -0.15) is 0 Å². The molecular weight excluding hydrogens is 317 g/mol. The first-order valence-electron chi connectivity index (χ1n) is 8.11. The minimum Gasteiger partial charge on any atom is -0.294 e. The summed E-state index contributed by atoms with van der Waals surface area (Å²) in [7, 11) is 0. The lowest BCUT2D eigenvalue weighted by atomic mass is 9.87. The largest absolute Gasteiger partial charge is 0.294 e. The molecule has 128 valence electrons. The van der Waals surface area contributed by atoms with Crippen LogP contribution < -0.4 is 0 Å². The summed E-state index contributed by atoms with van der Waals surface area (Å²) in [6.07, 6.45) is 3.62. The Morgan fingerprint density at radius 3 is 2.24 bits per heavy atom. The molecule has 3 aromatic rings. The maximum absolute atomic E-state index is 13.2. The molecule has 0 bridgehead atoms. The topological polar surface area (TPSA) is 47.8 Å². The van der Waals surface area contributed by atoms with Crippen LogP contribution in [0.1, 0.15) is 37.6 Å². The van der Waals surface area contributed by atoms with Gasteiger partial charge in [-0.3, -0.25) is 9.36 Å². The number of carbonyl (C=O) groups excluding carboxylic acids is 1. The van der Waals surface area contributed by atoms with Crippen molar-refractivity contribution in [3.63, 3.8) is 0 Å². The van der Waals surface area contributed by atoms with E-state index in [2.05, 4.69) is 10.2 Å². The van der Waals surface area contributed by atoms with Gasteiger partial charge in [0.1, 0.15) is 18.5 Å². The quantitative estimate of drug-likeness (QED) is 0.649. The summed E-state index contributed by atoms with van der Waals surface area (Å²) in [6.45, 7) is 6.11. The molecule has 0 aliphatic heterocycles. The highest BCUT2D eigenvalue weighted by Gasteiger charge is 2.19. The lowest BCUT2D eigenvalue weighted by molar-refractivity contribution is 0.0940. The minimum atomic E-state index is -0.289. The number of aromatic nitrogens is 3. The molecule has 0 saturated heterocycles. The molecule has 0 radical (unpaired) electrons. The Balaban J connectivity index is 2.08. The number of rotatable bonds is 4. The van der Waals surface area contributed by atoms with Gasteiger partial charge in [0.2, 0.25) is 0 Å². The molecule has 0 spiro atoms. The molecule has 0 atom stereocenters. The summed E-state index contributed by atoms with van der Waals surface area (Å²) in [5.74, 6) is -0.214. The van der Waals surface area contributed by atoms with Crippen LogP contribution >= 0.6 is 0 Å². The van der Waals surface area contributed by atoms with Gasteiger partial charge in [0.15, 0.2) is 5.78 Å². The third-order valence-corrected chi connectivity index (χ3v) is 3.83. The Morgan fingerprint density at radius 2 is 1.64 bits per heavy atom. The molecule has 25 heavy (non-hydrogen) atoms. The lowest BCUT2D eigenvalue weighted by Crippen LogP contribution is -2.13. The predicted molar refractivity (Wildman–Crippen MR) is 95.2 cm³/mol. The molecule has 0 unspecified atom stereocenters. The van der Waals surface area contributed by atoms with Gasteiger partial charge in [-0.05, 0) is 46.9 Å². The average Bonchev–Trinajstić information content (AvgIpc) is 3.08. The van der Waals surface area contributed by atoms with E-state index in [0.717, 1.165) is 16.8 Å². The fourth-order valence-electron chi connectivity index (χ4n) is 2.65. The van der Waals surface area contributed by atoms with E-state index in [1.165, 1.54) is 12.1 Å². The number of halogens is 1. The van der Waals surface area contributed by atoms with E-state index in [1.807, 2.05) is 39.0 Å². The fraction of sp³-hybridized carbons (Fsp3) is 0.250. The molecule has 2 aromatic carbocycles. The van der Waals surface area contributed by atoms with Crippen molar-refractivity contribution < 1.29 is 9.18 Å². The summed E-state index contributed by atoms with van der Waals surface area (Å²) >= 11 is 0. The highest BCUT2D eigenvalue weighted by Crippen LogP contribution is 2.27. The van der Waals surface area contributed by atoms with E-state index >= 15 is 0 Å². The van der Waals surface area contributed by atoms with Crippen molar-refractivity contribution in [1.82, 2.24) is 14.8 Å². The van der Waals surface area contributed by atoms with Crippen LogP contribution in [0.5, 0.6) is 0 Å². The van der Waals surface area contributed by atoms with Crippen LogP contribution in [0, 0.1) is 11.2 Å². The summed E-state index contributed by atoms with van der Waals surface area (Å²) in [4.78, 5) is 12.7. The lowest BCUT2D eigenvalue weighted by Gasteiger charge is -2.17. The van der Waals surface area contributed by atoms with Crippen LogP contribution in [-0.4, -0.2) is 20.5 Å². The van der Waals surface area contributed by atoms with E-state index in [4.69, 9.17) is 0 Å². The molecule has 1 aromatic heterocycles. The van der Waals surface area contributed by atoms with Crippen molar-refractivity contribution in [2.24, 2.45) is 5.41 Å². The fourth-order valence-corrected chi connectivity index (χ4v) is 2.65. The zero-order valence-corrected chi connectivity index (χ0v) is 14.5. The number of hydrogen-bond donors (Lipinski definition) is 0. The molecular formula is C20H20FN3O. The van der Waals surface area contributed by atoms with Gasteiger partial charge in [0.25, 0.3) is 0 Å². The SMILES string of the molecule is CC(C)(C)CC(=O)c1cc(-c2ccc(F)cc2)cc(-n2cnnc2)c1. The van der Waals surface area contributed by atoms with Crippen molar-refractivity contribution in [3.05, 3.63) is 66.5 Å². The average molecular weight is 337 g/mol. The number of ketones is 1. The molecule has 1 heterocycles. The van der Waals surface area contributed by atoms with Crippen molar-refractivity contribution in [2.45, 2.75) is 27.2 Å². The Bertz CT molecular complexity index is 878. The first-order valence-corrected chi connectivity index (χ1v) is 8.11. The van der Waals surface area contributed by atoms with Crippen LogP contribution in [0.4, 0.5) is 4.39 Å². The first-order chi connectivity index (χ1) is 11.8. The normalized spacial score (nSPS) is 11.5.